The minimum Gasteiger partial charge on any atom is -0.382 e. The number of carbonyl (C=O) groups is 1. The highest BCUT2D eigenvalue weighted by Gasteiger charge is 2.23. The lowest BCUT2D eigenvalue weighted by Crippen LogP contribution is -2.46. The van der Waals surface area contributed by atoms with Crippen molar-refractivity contribution >= 4 is 11.7 Å². The predicted molar refractivity (Wildman–Crippen MR) is 83.2 cm³/mol. The van der Waals surface area contributed by atoms with Crippen molar-refractivity contribution in [2.45, 2.75) is 32.7 Å². The normalized spacial score (nSPS) is 16.1. The highest BCUT2D eigenvalue weighted by molar-refractivity contribution is 5.73. The molecule has 0 aliphatic carbocycles. The Bertz CT molecular complexity index is 477. The van der Waals surface area contributed by atoms with Gasteiger partial charge in [0.1, 0.15) is 0 Å². The molecule has 4 heteroatoms. The molecule has 1 heterocycles. The van der Waals surface area contributed by atoms with Crippen LogP contribution in [0.5, 0.6) is 0 Å². The van der Waals surface area contributed by atoms with Crippen LogP contribution in [0.15, 0.2) is 18.2 Å². The van der Waals surface area contributed by atoms with E-state index in [1.165, 1.54) is 16.8 Å². The van der Waals surface area contributed by atoms with Gasteiger partial charge in [-0.25, -0.2) is 4.79 Å². The monoisotopic (exact) mass is 275 g/mol. The summed E-state index contributed by atoms with van der Waals surface area (Å²) in [4.78, 5) is 15.5. The number of hydrogen-bond acceptors (Lipinski definition) is 2. The average Bonchev–Trinajstić information content (AvgIpc) is 2.42. The highest BCUT2D eigenvalue weighted by Crippen LogP contribution is 2.21. The van der Waals surface area contributed by atoms with E-state index in [9.17, 15) is 4.79 Å². The van der Waals surface area contributed by atoms with Gasteiger partial charge in [0.05, 0.1) is 0 Å². The van der Waals surface area contributed by atoms with E-state index in [1.54, 1.807) is 4.90 Å². The highest BCUT2D eigenvalue weighted by atomic mass is 16.2. The SMILES string of the molecule is Cc1ccc(NC2CCN(C(=O)N(C)C)CC2)c(C)c1. The smallest absolute Gasteiger partial charge is 0.319 e. The lowest BCUT2D eigenvalue weighted by Gasteiger charge is -2.34. The fourth-order valence-corrected chi connectivity index (χ4v) is 2.69. The second kappa shape index (κ2) is 6.16. The maximum atomic E-state index is 11.9. The Kier molecular flexibility index (Phi) is 4.53. The molecule has 2 rings (SSSR count). The molecule has 20 heavy (non-hydrogen) atoms. The maximum absolute atomic E-state index is 11.9. The molecule has 0 atom stereocenters. The number of aryl methyl sites for hydroxylation is 2. The Hall–Kier alpha value is -1.71. The quantitative estimate of drug-likeness (QED) is 0.901. The zero-order chi connectivity index (χ0) is 14.7. The molecule has 2 amide bonds. The molecule has 0 spiro atoms. The van der Waals surface area contributed by atoms with E-state index in [4.69, 9.17) is 0 Å². The predicted octanol–water partition coefficient (Wildman–Crippen LogP) is 2.86. The zero-order valence-electron chi connectivity index (χ0n) is 12.9. The third kappa shape index (κ3) is 3.44. The summed E-state index contributed by atoms with van der Waals surface area (Å²) < 4.78 is 0. The molecule has 110 valence electrons. The molecule has 0 aromatic heterocycles. The first-order valence-corrected chi connectivity index (χ1v) is 7.27. The summed E-state index contributed by atoms with van der Waals surface area (Å²) >= 11 is 0. The lowest BCUT2D eigenvalue weighted by atomic mass is 10.0. The molecule has 1 aromatic carbocycles. The van der Waals surface area contributed by atoms with Crippen LogP contribution in [0.3, 0.4) is 0 Å². The second-order valence-corrected chi connectivity index (χ2v) is 5.90. The summed E-state index contributed by atoms with van der Waals surface area (Å²) in [7, 11) is 3.62. The minimum atomic E-state index is 0.120. The Balaban J connectivity index is 1.90. The van der Waals surface area contributed by atoms with Gasteiger partial charge in [-0.2, -0.15) is 0 Å². The van der Waals surface area contributed by atoms with E-state index in [1.807, 2.05) is 19.0 Å². The van der Waals surface area contributed by atoms with Crippen LogP contribution in [0.4, 0.5) is 10.5 Å². The van der Waals surface area contributed by atoms with Gasteiger partial charge in [0.25, 0.3) is 0 Å². The molecule has 0 bridgehead atoms. The van der Waals surface area contributed by atoms with Gasteiger partial charge in [-0.05, 0) is 38.3 Å². The average molecular weight is 275 g/mol. The van der Waals surface area contributed by atoms with Crippen LogP contribution in [-0.4, -0.2) is 49.1 Å². The van der Waals surface area contributed by atoms with Crippen molar-refractivity contribution in [1.29, 1.82) is 0 Å². The first-order chi connectivity index (χ1) is 9.47. The van der Waals surface area contributed by atoms with E-state index in [-0.39, 0.29) is 6.03 Å². The Morgan fingerprint density at radius 1 is 1.25 bits per heavy atom. The number of piperidine rings is 1. The van der Waals surface area contributed by atoms with E-state index in [0.29, 0.717) is 6.04 Å². The maximum Gasteiger partial charge on any atom is 0.319 e. The molecule has 0 saturated carbocycles. The summed E-state index contributed by atoms with van der Waals surface area (Å²) in [6.45, 7) is 5.92. The number of urea groups is 1. The van der Waals surface area contributed by atoms with Crippen molar-refractivity contribution in [3.8, 4) is 0 Å². The topological polar surface area (TPSA) is 35.6 Å². The summed E-state index contributed by atoms with van der Waals surface area (Å²) in [5.41, 5.74) is 3.80. The molecule has 1 saturated heterocycles. The molecular formula is C16H25N3O. The zero-order valence-corrected chi connectivity index (χ0v) is 12.9. The molecule has 1 aromatic rings. The third-order valence-corrected chi connectivity index (χ3v) is 3.89. The summed E-state index contributed by atoms with van der Waals surface area (Å²) in [5.74, 6) is 0. The number of rotatable bonds is 2. The molecule has 1 aliphatic heterocycles. The molecule has 0 radical (unpaired) electrons. The number of nitrogens with one attached hydrogen (secondary N) is 1. The second-order valence-electron chi connectivity index (χ2n) is 5.90. The fraction of sp³-hybridized carbons (Fsp3) is 0.562. The summed E-state index contributed by atoms with van der Waals surface area (Å²) in [5, 5.41) is 3.61. The minimum absolute atomic E-state index is 0.120. The number of anilines is 1. The number of amides is 2. The van der Waals surface area contributed by atoms with Gasteiger partial charge < -0.3 is 15.1 Å². The first-order valence-electron chi connectivity index (χ1n) is 7.27. The van der Waals surface area contributed by atoms with Crippen molar-refractivity contribution < 1.29 is 4.79 Å². The van der Waals surface area contributed by atoms with Crippen molar-refractivity contribution in [3.05, 3.63) is 29.3 Å². The number of carbonyl (C=O) groups excluding carboxylic acids is 1. The fourth-order valence-electron chi connectivity index (χ4n) is 2.69. The first kappa shape index (κ1) is 14.7. The van der Waals surface area contributed by atoms with Gasteiger partial charge in [0, 0.05) is 38.9 Å². The summed E-state index contributed by atoms with van der Waals surface area (Å²) in [6, 6.07) is 7.08. The van der Waals surface area contributed by atoms with E-state index >= 15 is 0 Å². The standard InChI is InChI=1S/C16H25N3O/c1-12-5-6-15(13(2)11-12)17-14-7-9-19(10-8-14)16(20)18(3)4/h5-6,11,14,17H,7-10H2,1-4H3. The van der Waals surface area contributed by atoms with Gasteiger partial charge in [-0.1, -0.05) is 17.7 Å². The van der Waals surface area contributed by atoms with Crippen molar-refractivity contribution in [2.75, 3.05) is 32.5 Å². The van der Waals surface area contributed by atoms with Crippen LogP contribution in [0, 0.1) is 13.8 Å². The largest absolute Gasteiger partial charge is 0.382 e. The Morgan fingerprint density at radius 2 is 1.90 bits per heavy atom. The molecule has 0 unspecified atom stereocenters. The van der Waals surface area contributed by atoms with Crippen LogP contribution < -0.4 is 5.32 Å². The number of likely N-dealkylation sites (tertiary alicyclic amines) is 1. The molecule has 1 fully saturated rings. The van der Waals surface area contributed by atoms with Crippen LogP contribution in [0.2, 0.25) is 0 Å². The Morgan fingerprint density at radius 3 is 2.45 bits per heavy atom. The van der Waals surface area contributed by atoms with Crippen molar-refractivity contribution in [1.82, 2.24) is 9.80 Å². The van der Waals surface area contributed by atoms with Crippen LogP contribution in [-0.2, 0) is 0 Å². The summed E-state index contributed by atoms with van der Waals surface area (Å²) in [6.07, 6.45) is 2.01. The molecule has 4 nitrogen and oxygen atoms in total. The van der Waals surface area contributed by atoms with Crippen LogP contribution in [0.25, 0.3) is 0 Å². The van der Waals surface area contributed by atoms with Crippen LogP contribution in [0.1, 0.15) is 24.0 Å². The Labute approximate surface area is 121 Å². The van der Waals surface area contributed by atoms with Gasteiger partial charge in [-0.3, -0.25) is 0 Å². The van der Waals surface area contributed by atoms with Gasteiger partial charge in [0.15, 0.2) is 0 Å². The number of benzene rings is 1. The molecule has 1 N–H and O–H groups in total. The number of hydrogen-bond donors (Lipinski definition) is 1. The van der Waals surface area contributed by atoms with Crippen molar-refractivity contribution in [3.63, 3.8) is 0 Å². The number of nitrogens with zero attached hydrogens (tertiary/aromatic N) is 2. The van der Waals surface area contributed by atoms with Crippen LogP contribution >= 0.6 is 0 Å². The van der Waals surface area contributed by atoms with E-state index in [0.717, 1.165) is 25.9 Å². The molecule has 1 aliphatic rings. The van der Waals surface area contributed by atoms with E-state index in [2.05, 4.69) is 37.4 Å². The van der Waals surface area contributed by atoms with Gasteiger partial charge >= 0.3 is 6.03 Å². The third-order valence-electron chi connectivity index (χ3n) is 3.89. The van der Waals surface area contributed by atoms with Crippen molar-refractivity contribution in [2.24, 2.45) is 0 Å². The molecular weight excluding hydrogens is 250 g/mol. The van der Waals surface area contributed by atoms with E-state index < -0.39 is 0 Å². The van der Waals surface area contributed by atoms with Gasteiger partial charge in [0.2, 0.25) is 0 Å². The lowest BCUT2D eigenvalue weighted by molar-refractivity contribution is 0.158. The van der Waals surface area contributed by atoms with Gasteiger partial charge in [-0.15, -0.1) is 0 Å².